The van der Waals surface area contributed by atoms with Gasteiger partial charge in [-0.1, -0.05) is 17.3 Å². The number of fused-ring (bicyclic) bond motifs is 3. The summed E-state index contributed by atoms with van der Waals surface area (Å²) in [5.74, 6) is -1.01. The molecule has 2 bridgehead atoms. The lowest BCUT2D eigenvalue weighted by Crippen LogP contribution is -2.57. The maximum absolute atomic E-state index is 15.3. The lowest BCUT2D eigenvalue weighted by Gasteiger charge is -2.50. The van der Waals surface area contributed by atoms with Crippen molar-refractivity contribution in [2.24, 2.45) is 11.7 Å². The number of amides is 1. The van der Waals surface area contributed by atoms with Gasteiger partial charge in [-0.05, 0) is 60.2 Å². The Labute approximate surface area is 222 Å². The third-order valence-electron chi connectivity index (χ3n) is 7.37. The van der Waals surface area contributed by atoms with Crippen molar-refractivity contribution in [3.8, 4) is 17.1 Å². The molecule has 1 saturated carbocycles. The fourth-order valence-corrected chi connectivity index (χ4v) is 6.83. The number of aromatic nitrogens is 2. The lowest BCUT2D eigenvalue weighted by atomic mass is 9.59. The zero-order valence-electron chi connectivity index (χ0n) is 20.3. The maximum Gasteiger partial charge on any atom is 0.573 e. The second-order valence-corrected chi connectivity index (χ2v) is 11.6. The summed E-state index contributed by atoms with van der Waals surface area (Å²) in [7, 11) is 0. The molecule has 1 amide bonds. The van der Waals surface area contributed by atoms with Gasteiger partial charge in [-0.15, -0.1) is 13.2 Å². The number of carbonyl (C=O) groups excluding carboxylic acids is 1. The van der Waals surface area contributed by atoms with Gasteiger partial charge in [-0.25, -0.2) is 4.39 Å². The van der Waals surface area contributed by atoms with E-state index < -0.39 is 41.1 Å². The Morgan fingerprint density at radius 1 is 1.26 bits per heavy atom. The Morgan fingerprint density at radius 3 is 2.67 bits per heavy atom. The number of nitrogens with two attached hydrogens (primary N) is 1. The number of benzene rings is 2. The van der Waals surface area contributed by atoms with E-state index in [1.54, 1.807) is 0 Å². The van der Waals surface area contributed by atoms with Crippen LogP contribution in [0, 0.1) is 11.7 Å². The molecule has 0 radical (unpaired) electrons. The Balaban J connectivity index is 1.35. The number of nitrogens with zero attached hydrogens (tertiary/aromatic N) is 3. The smallest absolute Gasteiger partial charge is 0.573 e. The molecular formula is C25H23F4N5O4S. The summed E-state index contributed by atoms with van der Waals surface area (Å²) in [5, 5.41) is 7.34. The van der Waals surface area contributed by atoms with Crippen LogP contribution >= 0.6 is 0 Å². The number of halogens is 4. The van der Waals surface area contributed by atoms with Crippen molar-refractivity contribution in [2.45, 2.75) is 42.1 Å². The molecule has 1 aliphatic carbocycles. The standard InChI is InChI=1S/C25H23F4N5O4S/c26-17-6-20-19(5-16(17)21-32-23(38-33-21)24-7-14(8-24)9-31-12-24)34(22(35)18(30)11-39(20)36)10-13-1-3-15(4-2-13)37-25(27,28)29/h1-6,14,18,31H,7-12,30H2/t14?,18-,24?,39?/m0/s1. The highest BCUT2D eigenvalue weighted by Gasteiger charge is 2.52. The molecule has 2 atom stereocenters. The SMILES string of the molecule is N[C@H]1C[S+]([O-])c2cc(F)c(-c3noc(C45CNCC(C4)C5)n3)cc2N(Cc2ccc(OC(F)(F)F)cc2)C1=O. The lowest BCUT2D eigenvalue weighted by molar-refractivity contribution is -0.274. The van der Waals surface area contributed by atoms with Gasteiger partial charge in [-0.2, -0.15) is 4.98 Å². The first-order valence-electron chi connectivity index (χ1n) is 12.2. The molecule has 4 heterocycles. The van der Waals surface area contributed by atoms with Crippen LogP contribution in [-0.2, 0) is 27.9 Å². The zero-order valence-corrected chi connectivity index (χ0v) is 21.2. The van der Waals surface area contributed by atoms with Gasteiger partial charge in [0, 0.05) is 12.6 Å². The number of rotatable bonds is 5. The molecule has 3 aliphatic heterocycles. The van der Waals surface area contributed by atoms with Gasteiger partial charge in [0.2, 0.25) is 17.6 Å². The highest BCUT2D eigenvalue weighted by Crippen LogP contribution is 2.49. The normalized spacial score (nSPS) is 26.6. The third-order valence-corrected chi connectivity index (χ3v) is 8.85. The van der Waals surface area contributed by atoms with E-state index in [1.807, 2.05) is 0 Å². The van der Waals surface area contributed by atoms with E-state index in [0.29, 0.717) is 23.9 Å². The van der Waals surface area contributed by atoms with Crippen LogP contribution in [0.1, 0.15) is 24.3 Å². The van der Waals surface area contributed by atoms with E-state index in [1.165, 1.54) is 23.1 Å². The number of hydrogen-bond acceptors (Lipinski definition) is 8. The first kappa shape index (κ1) is 26.0. The molecule has 3 N–H and O–H groups in total. The van der Waals surface area contributed by atoms with Crippen molar-refractivity contribution in [1.82, 2.24) is 15.5 Å². The van der Waals surface area contributed by atoms with Gasteiger partial charge in [0.05, 0.1) is 17.5 Å². The molecule has 0 spiro atoms. The molecule has 1 unspecified atom stereocenters. The molecule has 206 valence electrons. The van der Waals surface area contributed by atoms with Crippen molar-refractivity contribution < 1.29 is 36.2 Å². The molecule has 9 nitrogen and oxygen atoms in total. The van der Waals surface area contributed by atoms with E-state index in [0.717, 1.165) is 37.6 Å². The predicted octanol–water partition coefficient (Wildman–Crippen LogP) is 3.01. The Bertz CT molecular complexity index is 1400. The van der Waals surface area contributed by atoms with Gasteiger partial charge < -0.3 is 29.8 Å². The summed E-state index contributed by atoms with van der Waals surface area (Å²) >= 11 is -1.80. The molecule has 3 aromatic rings. The average molecular weight is 566 g/mol. The van der Waals surface area contributed by atoms with Crippen molar-refractivity contribution in [3.63, 3.8) is 0 Å². The number of carbonyl (C=O) groups is 1. The second-order valence-electron chi connectivity index (χ2n) is 10.1. The molecule has 39 heavy (non-hydrogen) atoms. The quantitative estimate of drug-likeness (QED) is 0.357. The van der Waals surface area contributed by atoms with Crippen LogP contribution in [0.4, 0.5) is 23.2 Å². The van der Waals surface area contributed by atoms with Crippen LogP contribution in [-0.4, -0.2) is 51.8 Å². The predicted molar refractivity (Wildman–Crippen MR) is 131 cm³/mol. The van der Waals surface area contributed by atoms with E-state index in [2.05, 4.69) is 20.2 Å². The van der Waals surface area contributed by atoms with Gasteiger partial charge >= 0.3 is 6.36 Å². The van der Waals surface area contributed by atoms with Crippen molar-refractivity contribution in [1.29, 1.82) is 0 Å². The topological polar surface area (TPSA) is 130 Å². The maximum atomic E-state index is 15.3. The Kier molecular flexibility index (Phi) is 6.32. The first-order chi connectivity index (χ1) is 18.5. The summed E-state index contributed by atoms with van der Waals surface area (Å²) in [6.45, 7) is 1.49. The largest absolute Gasteiger partial charge is 0.611 e. The van der Waals surface area contributed by atoms with E-state index in [9.17, 15) is 22.5 Å². The summed E-state index contributed by atoms with van der Waals surface area (Å²) < 4.78 is 75.4. The number of nitrogens with one attached hydrogen (secondary N) is 1. The summed E-state index contributed by atoms with van der Waals surface area (Å²) in [4.78, 5) is 19.0. The second kappa shape index (κ2) is 9.47. The molecule has 14 heteroatoms. The van der Waals surface area contributed by atoms with Crippen LogP contribution in [0.3, 0.4) is 0 Å². The Morgan fingerprint density at radius 2 is 2.00 bits per heavy atom. The third kappa shape index (κ3) is 4.86. The van der Waals surface area contributed by atoms with Gasteiger partial charge in [0.1, 0.15) is 29.0 Å². The minimum Gasteiger partial charge on any atom is -0.611 e. The fourth-order valence-electron chi connectivity index (χ4n) is 5.54. The van der Waals surface area contributed by atoms with Crippen molar-refractivity contribution >= 4 is 22.8 Å². The highest BCUT2D eigenvalue weighted by atomic mass is 32.2. The van der Waals surface area contributed by atoms with Crippen LogP contribution in [0.5, 0.6) is 5.75 Å². The van der Waals surface area contributed by atoms with Crippen LogP contribution in [0.2, 0.25) is 0 Å². The zero-order chi connectivity index (χ0) is 27.5. The molecule has 2 saturated heterocycles. The number of hydrogen-bond donors (Lipinski definition) is 2. The molecular weight excluding hydrogens is 542 g/mol. The van der Waals surface area contributed by atoms with Gasteiger partial charge in [0.25, 0.3) is 0 Å². The number of anilines is 1. The van der Waals surface area contributed by atoms with Crippen LogP contribution < -0.4 is 20.7 Å². The van der Waals surface area contributed by atoms with Crippen LogP contribution in [0.15, 0.2) is 45.8 Å². The minimum absolute atomic E-state index is 0.00548. The molecule has 3 fully saturated rings. The minimum atomic E-state index is -4.85. The van der Waals surface area contributed by atoms with Crippen molar-refractivity contribution in [2.75, 3.05) is 23.7 Å². The number of piperidine rings is 2. The highest BCUT2D eigenvalue weighted by molar-refractivity contribution is 7.91. The Hall–Kier alpha value is -3.20. The molecule has 7 rings (SSSR count). The molecule has 1 aromatic heterocycles. The van der Waals surface area contributed by atoms with E-state index in [-0.39, 0.29) is 39.7 Å². The summed E-state index contributed by atoms with van der Waals surface area (Å²) in [6.07, 6.45) is -3.04. The monoisotopic (exact) mass is 565 g/mol. The van der Waals surface area contributed by atoms with Gasteiger partial charge in [0.15, 0.2) is 4.90 Å². The number of alkyl halides is 3. The van der Waals surface area contributed by atoms with Crippen molar-refractivity contribution in [3.05, 3.63) is 53.7 Å². The summed E-state index contributed by atoms with van der Waals surface area (Å²) in [5.41, 5.74) is 6.27. The summed E-state index contributed by atoms with van der Waals surface area (Å²) in [6, 6.07) is 6.24. The van der Waals surface area contributed by atoms with Crippen LogP contribution in [0.25, 0.3) is 11.4 Å². The molecule has 2 aromatic carbocycles. The van der Waals surface area contributed by atoms with Gasteiger partial charge in [-0.3, -0.25) is 4.79 Å². The first-order valence-corrected chi connectivity index (χ1v) is 13.5. The van der Waals surface area contributed by atoms with E-state index in [4.69, 9.17) is 10.3 Å². The fraction of sp³-hybridized carbons (Fsp3) is 0.400. The van der Waals surface area contributed by atoms with E-state index >= 15 is 4.39 Å². The number of ether oxygens (including phenoxy) is 1. The average Bonchev–Trinajstić information content (AvgIpc) is 3.35. The molecule has 4 aliphatic rings.